The summed E-state index contributed by atoms with van der Waals surface area (Å²) in [5, 5.41) is 9.17. The van der Waals surface area contributed by atoms with E-state index in [-0.39, 0.29) is 19.0 Å². The Bertz CT molecular complexity index is 736. The SMILES string of the molecule is O=C(O)CN(Cc1ccccc1)C(=O)c1ccc(C2CCOCC2)cc1. The Morgan fingerprint density at radius 2 is 1.65 bits per heavy atom. The van der Waals surface area contributed by atoms with Crippen LogP contribution in [0, 0.1) is 0 Å². The number of carbonyl (C=O) groups is 2. The van der Waals surface area contributed by atoms with Gasteiger partial charge in [-0.1, -0.05) is 42.5 Å². The zero-order chi connectivity index (χ0) is 18.4. The van der Waals surface area contributed by atoms with Crippen molar-refractivity contribution in [2.45, 2.75) is 25.3 Å². The lowest BCUT2D eigenvalue weighted by atomic mass is 9.91. The Labute approximate surface area is 153 Å². The molecule has 1 amide bonds. The minimum absolute atomic E-state index is 0.269. The lowest BCUT2D eigenvalue weighted by molar-refractivity contribution is -0.137. The fourth-order valence-electron chi connectivity index (χ4n) is 3.28. The van der Waals surface area contributed by atoms with Crippen LogP contribution in [0.3, 0.4) is 0 Å². The van der Waals surface area contributed by atoms with Crippen LogP contribution in [0.2, 0.25) is 0 Å². The van der Waals surface area contributed by atoms with Gasteiger partial charge in [0.2, 0.25) is 0 Å². The molecule has 0 bridgehead atoms. The molecule has 0 atom stereocenters. The van der Waals surface area contributed by atoms with Crippen molar-refractivity contribution >= 4 is 11.9 Å². The summed E-state index contributed by atoms with van der Waals surface area (Å²) >= 11 is 0. The van der Waals surface area contributed by atoms with Crippen molar-refractivity contribution in [2.24, 2.45) is 0 Å². The van der Waals surface area contributed by atoms with E-state index >= 15 is 0 Å². The molecular formula is C21H23NO4. The minimum Gasteiger partial charge on any atom is -0.480 e. The number of hydrogen-bond acceptors (Lipinski definition) is 3. The maximum atomic E-state index is 12.8. The normalized spacial score (nSPS) is 14.8. The van der Waals surface area contributed by atoms with E-state index in [1.54, 1.807) is 12.1 Å². The number of hydrogen-bond donors (Lipinski definition) is 1. The molecule has 0 aliphatic carbocycles. The highest BCUT2D eigenvalue weighted by Gasteiger charge is 2.20. The van der Waals surface area contributed by atoms with Crippen molar-refractivity contribution in [3.8, 4) is 0 Å². The molecule has 0 saturated carbocycles. The Balaban J connectivity index is 1.74. The lowest BCUT2D eigenvalue weighted by Crippen LogP contribution is -2.35. The zero-order valence-electron chi connectivity index (χ0n) is 14.6. The van der Waals surface area contributed by atoms with Crippen molar-refractivity contribution in [1.82, 2.24) is 4.90 Å². The maximum absolute atomic E-state index is 12.8. The fraction of sp³-hybridized carbons (Fsp3) is 0.333. The number of carboxylic acid groups (broad SMARTS) is 1. The highest BCUT2D eigenvalue weighted by molar-refractivity contribution is 5.95. The number of amides is 1. The fourth-order valence-corrected chi connectivity index (χ4v) is 3.28. The molecule has 0 radical (unpaired) electrons. The second-order valence-electron chi connectivity index (χ2n) is 6.55. The van der Waals surface area contributed by atoms with Crippen molar-refractivity contribution in [3.05, 3.63) is 71.3 Å². The highest BCUT2D eigenvalue weighted by atomic mass is 16.5. The number of carboxylic acids is 1. The van der Waals surface area contributed by atoms with Gasteiger partial charge in [0.05, 0.1) is 0 Å². The van der Waals surface area contributed by atoms with Gasteiger partial charge in [0.25, 0.3) is 5.91 Å². The van der Waals surface area contributed by atoms with Crippen LogP contribution in [-0.2, 0) is 16.1 Å². The van der Waals surface area contributed by atoms with Gasteiger partial charge in [-0.05, 0) is 42.0 Å². The summed E-state index contributed by atoms with van der Waals surface area (Å²) in [7, 11) is 0. The van der Waals surface area contributed by atoms with Gasteiger partial charge in [-0.2, -0.15) is 0 Å². The monoisotopic (exact) mass is 353 g/mol. The Hall–Kier alpha value is -2.66. The summed E-state index contributed by atoms with van der Waals surface area (Å²) in [5.41, 5.74) is 2.62. The number of rotatable bonds is 6. The standard InChI is InChI=1S/C21H23NO4/c23-20(24)15-22(14-16-4-2-1-3-5-16)21(25)19-8-6-17(7-9-19)18-10-12-26-13-11-18/h1-9,18H,10-15H2,(H,23,24). The minimum atomic E-state index is -1.02. The van der Waals surface area contributed by atoms with Crippen LogP contribution in [0.15, 0.2) is 54.6 Å². The number of benzene rings is 2. The molecule has 26 heavy (non-hydrogen) atoms. The smallest absolute Gasteiger partial charge is 0.323 e. The van der Waals surface area contributed by atoms with Crippen LogP contribution in [0.25, 0.3) is 0 Å². The molecule has 2 aromatic carbocycles. The number of carbonyl (C=O) groups excluding carboxylic acids is 1. The molecular weight excluding hydrogens is 330 g/mol. The number of ether oxygens (including phenoxy) is 1. The molecule has 5 nitrogen and oxygen atoms in total. The molecule has 1 saturated heterocycles. The third-order valence-electron chi connectivity index (χ3n) is 4.68. The van der Waals surface area contributed by atoms with Gasteiger partial charge in [0.15, 0.2) is 0 Å². The van der Waals surface area contributed by atoms with E-state index < -0.39 is 5.97 Å². The molecule has 1 aliphatic rings. The van der Waals surface area contributed by atoms with Crippen LogP contribution in [0.1, 0.15) is 40.2 Å². The molecule has 1 N–H and O–H groups in total. The van der Waals surface area contributed by atoms with Gasteiger partial charge in [0.1, 0.15) is 6.54 Å². The first kappa shape index (κ1) is 18.1. The van der Waals surface area contributed by atoms with Crippen molar-refractivity contribution in [1.29, 1.82) is 0 Å². The first-order valence-corrected chi connectivity index (χ1v) is 8.86. The number of nitrogens with zero attached hydrogens (tertiary/aromatic N) is 1. The largest absolute Gasteiger partial charge is 0.480 e. The summed E-state index contributed by atoms with van der Waals surface area (Å²) < 4.78 is 5.39. The molecule has 3 rings (SSSR count). The summed E-state index contributed by atoms with van der Waals surface area (Å²) in [6, 6.07) is 17.0. The maximum Gasteiger partial charge on any atom is 0.323 e. The molecule has 1 aliphatic heterocycles. The van der Waals surface area contributed by atoms with Gasteiger partial charge in [-0.3, -0.25) is 9.59 Å². The average molecular weight is 353 g/mol. The molecule has 0 aromatic heterocycles. The highest BCUT2D eigenvalue weighted by Crippen LogP contribution is 2.27. The van der Waals surface area contributed by atoms with Gasteiger partial charge < -0.3 is 14.7 Å². The molecule has 5 heteroatoms. The molecule has 2 aromatic rings. The van der Waals surface area contributed by atoms with Crippen LogP contribution in [0.5, 0.6) is 0 Å². The number of aliphatic carboxylic acids is 1. The van der Waals surface area contributed by atoms with E-state index in [4.69, 9.17) is 9.84 Å². The Morgan fingerprint density at radius 3 is 2.27 bits per heavy atom. The third-order valence-corrected chi connectivity index (χ3v) is 4.68. The molecule has 1 heterocycles. The van der Waals surface area contributed by atoms with Gasteiger partial charge in [0, 0.05) is 25.3 Å². The van der Waals surface area contributed by atoms with Gasteiger partial charge in [-0.25, -0.2) is 0 Å². The summed E-state index contributed by atoms with van der Waals surface area (Å²) in [6.45, 7) is 1.49. The van der Waals surface area contributed by atoms with E-state index in [1.807, 2.05) is 42.5 Å². The lowest BCUT2D eigenvalue weighted by Gasteiger charge is -2.23. The van der Waals surface area contributed by atoms with Crippen LogP contribution in [-0.4, -0.2) is 41.6 Å². The van der Waals surface area contributed by atoms with Crippen molar-refractivity contribution < 1.29 is 19.4 Å². The van der Waals surface area contributed by atoms with E-state index in [1.165, 1.54) is 10.5 Å². The van der Waals surface area contributed by atoms with Crippen LogP contribution in [0.4, 0.5) is 0 Å². The van der Waals surface area contributed by atoms with Crippen molar-refractivity contribution in [3.63, 3.8) is 0 Å². The first-order valence-electron chi connectivity index (χ1n) is 8.86. The second kappa shape index (κ2) is 8.63. The second-order valence-corrected chi connectivity index (χ2v) is 6.55. The molecule has 0 unspecified atom stereocenters. The van der Waals surface area contributed by atoms with E-state index in [0.717, 1.165) is 31.6 Å². The summed E-state index contributed by atoms with van der Waals surface area (Å²) in [4.78, 5) is 25.4. The Morgan fingerprint density at radius 1 is 1.00 bits per heavy atom. The van der Waals surface area contributed by atoms with Gasteiger partial charge >= 0.3 is 5.97 Å². The molecule has 0 spiro atoms. The van der Waals surface area contributed by atoms with E-state index in [9.17, 15) is 9.59 Å². The van der Waals surface area contributed by atoms with Crippen molar-refractivity contribution in [2.75, 3.05) is 19.8 Å². The predicted molar refractivity (Wildman–Crippen MR) is 98.1 cm³/mol. The Kier molecular flexibility index (Phi) is 6.02. The average Bonchev–Trinajstić information content (AvgIpc) is 2.68. The summed E-state index contributed by atoms with van der Waals surface area (Å²) in [5.74, 6) is -0.824. The summed E-state index contributed by atoms with van der Waals surface area (Å²) in [6.07, 6.45) is 1.98. The van der Waals surface area contributed by atoms with Gasteiger partial charge in [-0.15, -0.1) is 0 Å². The van der Waals surface area contributed by atoms with Crippen LogP contribution < -0.4 is 0 Å². The predicted octanol–water partition coefficient (Wildman–Crippen LogP) is 3.31. The topological polar surface area (TPSA) is 66.8 Å². The third kappa shape index (κ3) is 4.70. The van der Waals surface area contributed by atoms with E-state index in [0.29, 0.717) is 11.5 Å². The first-order chi connectivity index (χ1) is 12.6. The molecule has 136 valence electrons. The quantitative estimate of drug-likeness (QED) is 0.865. The van der Waals surface area contributed by atoms with E-state index in [2.05, 4.69) is 0 Å². The zero-order valence-corrected chi connectivity index (χ0v) is 14.6. The molecule has 1 fully saturated rings. The van der Waals surface area contributed by atoms with Crippen LogP contribution >= 0.6 is 0 Å².